The molecule has 2 aromatic heterocycles. The Morgan fingerprint density at radius 3 is 2.69 bits per heavy atom. The number of benzene rings is 2. The van der Waals surface area contributed by atoms with Crippen LogP contribution in [0.1, 0.15) is 27.4 Å². The number of nitrogens with one attached hydrogen (secondary N) is 2. The summed E-state index contributed by atoms with van der Waals surface area (Å²) in [7, 11) is 0. The number of carbonyl (C=O) groups excluding carboxylic acids is 1. The molecule has 0 aliphatic heterocycles. The van der Waals surface area contributed by atoms with Crippen molar-refractivity contribution in [1.82, 2.24) is 25.0 Å². The van der Waals surface area contributed by atoms with E-state index in [1.165, 1.54) is 0 Å². The molecule has 0 atom stereocenters. The fraction of sp³-hybridized carbons (Fsp3) is 0.143. The molecule has 0 saturated carbocycles. The van der Waals surface area contributed by atoms with E-state index in [2.05, 4.69) is 25.6 Å². The lowest BCUT2D eigenvalue weighted by atomic mass is 10.1. The van der Waals surface area contributed by atoms with Gasteiger partial charge in [-0.15, -0.1) is 0 Å². The van der Waals surface area contributed by atoms with Gasteiger partial charge in [0.2, 0.25) is 0 Å². The van der Waals surface area contributed by atoms with E-state index in [1.807, 2.05) is 51.1 Å². The SMILES string of the molecule is Cc1nc(-c2ccc(C)c(NC(=O)c3cnn(-c4cccc(Cl)c4)c3C)c2)n[nH]1. The van der Waals surface area contributed by atoms with E-state index in [-0.39, 0.29) is 5.91 Å². The Kier molecular flexibility index (Phi) is 4.90. The molecule has 0 radical (unpaired) electrons. The van der Waals surface area contributed by atoms with Crippen LogP contribution in [0.2, 0.25) is 5.02 Å². The molecule has 2 heterocycles. The van der Waals surface area contributed by atoms with Crippen molar-refractivity contribution >= 4 is 23.2 Å². The van der Waals surface area contributed by atoms with Crippen molar-refractivity contribution in [3.63, 3.8) is 0 Å². The third-order valence-corrected chi connectivity index (χ3v) is 4.88. The summed E-state index contributed by atoms with van der Waals surface area (Å²) >= 11 is 6.08. The maximum Gasteiger partial charge on any atom is 0.259 e. The van der Waals surface area contributed by atoms with E-state index < -0.39 is 0 Å². The molecule has 0 aliphatic rings. The average molecular weight is 407 g/mol. The molecule has 0 spiro atoms. The van der Waals surface area contributed by atoms with Crippen LogP contribution in [0, 0.1) is 20.8 Å². The van der Waals surface area contributed by atoms with Crippen molar-refractivity contribution in [2.75, 3.05) is 5.32 Å². The van der Waals surface area contributed by atoms with E-state index in [9.17, 15) is 4.79 Å². The lowest BCUT2D eigenvalue weighted by molar-refractivity contribution is 0.102. The van der Waals surface area contributed by atoms with Crippen LogP contribution in [0.15, 0.2) is 48.7 Å². The molecular formula is C21H19ClN6O. The molecular weight excluding hydrogens is 388 g/mol. The number of nitrogens with zero attached hydrogens (tertiary/aromatic N) is 4. The van der Waals surface area contributed by atoms with Crippen LogP contribution in [0.25, 0.3) is 17.1 Å². The van der Waals surface area contributed by atoms with Gasteiger partial charge in [0, 0.05) is 16.3 Å². The molecule has 0 fully saturated rings. The fourth-order valence-electron chi connectivity index (χ4n) is 3.06. The zero-order valence-corrected chi connectivity index (χ0v) is 16.9. The summed E-state index contributed by atoms with van der Waals surface area (Å²) in [4.78, 5) is 17.3. The number of halogens is 1. The number of anilines is 1. The van der Waals surface area contributed by atoms with Crippen LogP contribution in [-0.4, -0.2) is 30.9 Å². The standard InChI is InChI=1S/C21H19ClN6O/c1-12-7-8-15(20-24-14(3)26-27-20)9-19(12)25-21(29)18-11-23-28(13(18)2)17-6-4-5-16(22)10-17/h4-11H,1-3H3,(H,25,29)(H,24,26,27). The Balaban J connectivity index is 1.62. The van der Waals surface area contributed by atoms with Gasteiger partial charge in [0.1, 0.15) is 5.82 Å². The minimum atomic E-state index is -0.234. The second kappa shape index (κ2) is 7.52. The molecule has 0 aliphatic carbocycles. The number of aryl methyl sites for hydroxylation is 2. The Labute approximate surface area is 172 Å². The van der Waals surface area contributed by atoms with Gasteiger partial charge in [0.15, 0.2) is 5.82 Å². The van der Waals surface area contributed by atoms with Crippen LogP contribution in [0.4, 0.5) is 5.69 Å². The molecule has 4 rings (SSSR count). The Morgan fingerprint density at radius 2 is 1.97 bits per heavy atom. The van der Waals surface area contributed by atoms with Crippen molar-refractivity contribution in [3.05, 3.63) is 76.3 Å². The topological polar surface area (TPSA) is 88.5 Å². The maximum absolute atomic E-state index is 12.9. The van der Waals surface area contributed by atoms with Crippen molar-refractivity contribution < 1.29 is 4.79 Å². The largest absolute Gasteiger partial charge is 0.322 e. The van der Waals surface area contributed by atoms with Crippen molar-refractivity contribution in [1.29, 1.82) is 0 Å². The predicted molar refractivity (Wildman–Crippen MR) is 113 cm³/mol. The first-order chi connectivity index (χ1) is 13.9. The summed E-state index contributed by atoms with van der Waals surface area (Å²) in [6.45, 7) is 5.63. The average Bonchev–Trinajstić information content (AvgIpc) is 3.29. The number of rotatable bonds is 4. The van der Waals surface area contributed by atoms with Crippen LogP contribution in [0.3, 0.4) is 0 Å². The van der Waals surface area contributed by atoms with Gasteiger partial charge in [0.05, 0.1) is 23.1 Å². The Bertz CT molecular complexity index is 1210. The third kappa shape index (κ3) is 3.77. The zero-order valence-electron chi connectivity index (χ0n) is 16.2. The maximum atomic E-state index is 12.9. The molecule has 0 bridgehead atoms. The lowest BCUT2D eigenvalue weighted by Crippen LogP contribution is -2.14. The molecule has 29 heavy (non-hydrogen) atoms. The van der Waals surface area contributed by atoms with Crippen LogP contribution in [-0.2, 0) is 0 Å². The van der Waals surface area contributed by atoms with Crippen LogP contribution < -0.4 is 5.32 Å². The summed E-state index contributed by atoms with van der Waals surface area (Å²) in [6.07, 6.45) is 1.56. The molecule has 0 unspecified atom stereocenters. The number of hydrogen-bond acceptors (Lipinski definition) is 4. The van der Waals surface area contributed by atoms with Crippen molar-refractivity contribution in [2.45, 2.75) is 20.8 Å². The first-order valence-corrected chi connectivity index (χ1v) is 9.42. The van der Waals surface area contributed by atoms with E-state index in [0.717, 1.165) is 28.3 Å². The molecule has 4 aromatic rings. The highest BCUT2D eigenvalue weighted by molar-refractivity contribution is 6.30. The molecule has 7 nitrogen and oxygen atoms in total. The molecule has 1 amide bonds. The van der Waals surface area contributed by atoms with Gasteiger partial charge in [-0.3, -0.25) is 9.89 Å². The minimum Gasteiger partial charge on any atom is -0.322 e. The van der Waals surface area contributed by atoms with Gasteiger partial charge in [-0.05, 0) is 50.6 Å². The Morgan fingerprint density at radius 1 is 1.14 bits per heavy atom. The van der Waals surface area contributed by atoms with Gasteiger partial charge < -0.3 is 5.32 Å². The number of carbonyl (C=O) groups is 1. The quantitative estimate of drug-likeness (QED) is 0.522. The van der Waals surface area contributed by atoms with E-state index in [1.54, 1.807) is 23.0 Å². The molecule has 0 saturated heterocycles. The number of aromatic amines is 1. The molecule has 146 valence electrons. The molecule has 8 heteroatoms. The predicted octanol–water partition coefficient (Wildman–Crippen LogP) is 4.49. The van der Waals surface area contributed by atoms with Gasteiger partial charge >= 0.3 is 0 Å². The Hall–Kier alpha value is -3.45. The van der Waals surface area contributed by atoms with E-state index in [0.29, 0.717) is 22.1 Å². The van der Waals surface area contributed by atoms with Gasteiger partial charge in [-0.25, -0.2) is 9.67 Å². The first kappa shape index (κ1) is 18.9. The van der Waals surface area contributed by atoms with Crippen LogP contribution in [0.5, 0.6) is 0 Å². The number of hydrogen-bond donors (Lipinski definition) is 2. The number of amides is 1. The van der Waals surface area contributed by atoms with E-state index >= 15 is 0 Å². The molecule has 2 N–H and O–H groups in total. The summed E-state index contributed by atoms with van der Waals surface area (Å²) in [5.74, 6) is 1.08. The molecule has 2 aromatic carbocycles. The normalized spacial score (nSPS) is 10.9. The fourth-order valence-corrected chi connectivity index (χ4v) is 3.24. The summed E-state index contributed by atoms with van der Waals surface area (Å²) in [5.41, 5.74) is 4.47. The number of H-pyrrole nitrogens is 1. The van der Waals surface area contributed by atoms with Gasteiger partial charge in [-0.1, -0.05) is 29.8 Å². The smallest absolute Gasteiger partial charge is 0.259 e. The minimum absolute atomic E-state index is 0.234. The first-order valence-electron chi connectivity index (χ1n) is 9.04. The van der Waals surface area contributed by atoms with Crippen molar-refractivity contribution in [2.24, 2.45) is 0 Å². The summed E-state index contributed by atoms with van der Waals surface area (Å²) in [5, 5.41) is 14.9. The summed E-state index contributed by atoms with van der Waals surface area (Å²) in [6, 6.07) is 13.1. The monoisotopic (exact) mass is 406 g/mol. The second-order valence-corrected chi connectivity index (χ2v) is 7.20. The van der Waals surface area contributed by atoms with E-state index in [4.69, 9.17) is 11.6 Å². The zero-order chi connectivity index (χ0) is 20.5. The second-order valence-electron chi connectivity index (χ2n) is 6.76. The highest BCUT2D eigenvalue weighted by atomic mass is 35.5. The van der Waals surface area contributed by atoms with Gasteiger partial charge in [0.25, 0.3) is 5.91 Å². The summed E-state index contributed by atoms with van der Waals surface area (Å²) < 4.78 is 1.69. The van der Waals surface area contributed by atoms with Crippen LogP contribution >= 0.6 is 11.6 Å². The van der Waals surface area contributed by atoms with Crippen molar-refractivity contribution in [3.8, 4) is 17.1 Å². The highest BCUT2D eigenvalue weighted by Crippen LogP contribution is 2.24. The number of aromatic nitrogens is 5. The lowest BCUT2D eigenvalue weighted by Gasteiger charge is -2.10. The highest BCUT2D eigenvalue weighted by Gasteiger charge is 2.17. The van der Waals surface area contributed by atoms with Gasteiger partial charge in [-0.2, -0.15) is 10.2 Å². The third-order valence-electron chi connectivity index (χ3n) is 4.65.